The topological polar surface area (TPSA) is 35.5 Å². The van der Waals surface area contributed by atoms with Crippen molar-refractivity contribution in [3.8, 4) is 0 Å². The highest BCUT2D eigenvalue weighted by atomic mass is 127. The molecule has 1 atom stereocenters. The molecule has 14 heavy (non-hydrogen) atoms. The van der Waals surface area contributed by atoms with Crippen LogP contribution >= 0.6 is 34.2 Å². The maximum Gasteiger partial charge on any atom is 0.510 e. The third kappa shape index (κ3) is 5.24. The molecule has 0 aromatic carbocycles. The van der Waals surface area contributed by atoms with E-state index in [2.05, 4.69) is 0 Å². The molecule has 0 heterocycles. The minimum atomic E-state index is -1.01. The van der Waals surface area contributed by atoms with E-state index in [9.17, 15) is 4.79 Å². The van der Waals surface area contributed by atoms with Crippen LogP contribution in [-0.2, 0) is 9.47 Å². The molecule has 0 spiro atoms. The standard InChI is InChI=1S/C9H14ClIO3/c1-9(10,11)14-8(12)13-7-5-3-2-4-6-7/h7H,2-6H2,1H3. The van der Waals surface area contributed by atoms with E-state index in [0.29, 0.717) is 0 Å². The van der Waals surface area contributed by atoms with E-state index in [-0.39, 0.29) is 6.10 Å². The third-order valence-corrected chi connectivity index (χ3v) is 2.37. The van der Waals surface area contributed by atoms with Crippen molar-refractivity contribution >= 4 is 40.3 Å². The van der Waals surface area contributed by atoms with Crippen molar-refractivity contribution in [1.82, 2.24) is 0 Å². The summed E-state index contributed by atoms with van der Waals surface area (Å²) in [6.45, 7) is 1.59. The maximum atomic E-state index is 11.2. The van der Waals surface area contributed by atoms with E-state index in [4.69, 9.17) is 21.1 Å². The summed E-state index contributed by atoms with van der Waals surface area (Å²) in [7, 11) is 0. The minimum absolute atomic E-state index is 0.0201. The number of alkyl halides is 2. The lowest BCUT2D eigenvalue weighted by Gasteiger charge is -2.23. The second-order valence-corrected chi connectivity index (χ2v) is 6.96. The molecule has 0 aliphatic heterocycles. The molecule has 1 aliphatic rings. The number of rotatable bonds is 2. The lowest BCUT2D eigenvalue weighted by atomic mass is 9.98. The average molecular weight is 333 g/mol. The van der Waals surface area contributed by atoms with Gasteiger partial charge in [-0.05, 0) is 55.2 Å². The van der Waals surface area contributed by atoms with Gasteiger partial charge in [0, 0.05) is 0 Å². The van der Waals surface area contributed by atoms with Crippen LogP contribution in [0.25, 0.3) is 0 Å². The van der Waals surface area contributed by atoms with Crippen molar-refractivity contribution < 1.29 is 14.3 Å². The predicted octanol–water partition coefficient (Wildman–Crippen LogP) is 3.82. The van der Waals surface area contributed by atoms with Crippen LogP contribution in [0.2, 0.25) is 0 Å². The van der Waals surface area contributed by atoms with Crippen LogP contribution in [0.5, 0.6) is 0 Å². The van der Waals surface area contributed by atoms with Crippen LogP contribution in [0.15, 0.2) is 0 Å². The highest BCUT2D eigenvalue weighted by molar-refractivity contribution is 14.1. The number of carbonyl (C=O) groups is 1. The molecule has 1 saturated carbocycles. The molecule has 1 fully saturated rings. The zero-order valence-electron chi connectivity index (χ0n) is 8.09. The van der Waals surface area contributed by atoms with Gasteiger partial charge in [0.05, 0.1) is 0 Å². The van der Waals surface area contributed by atoms with Crippen molar-refractivity contribution in [1.29, 1.82) is 0 Å². The minimum Gasteiger partial charge on any atom is -0.431 e. The van der Waals surface area contributed by atoms with Gasteiger partial charge in [-0.2, -0.15) is 0 Å². The molecule has 0 radical (unpaired) electrons. The van der Waals surface area contributed by atoms with Gasteiger partial charge in [-0.25, -0.2) is 4.79 Å². The van der Waals surface area contributed by atoms with Gasteiger partial charge in [0.2, 0.25) is 3.07 Å². The highest BCUT2D eigenvalue weighted by Crippen LogP contribution is 2.27. The first-order valence-corrected chi connectivity index (χ1v) is 6.20. The molecular weight excluding hydrogens is 318 g/mol. The summed E-state index contributed by atoms with van der Waals surface area (Å²) in [5.74, 6) is 0. The zero-order valence-corrected chi connectivity index (χ0v) is 11.0. The second-order valence-electron chi connectivity index (χ2n) is 3.54. The number of hydrogen-bond donors (Lipinski definition) is 0. The van der Waals surface area contributed by atoms with E-state index < -0.39 is 9.22 Å². The summed E-state index contributed by atoms with van der Waals surface area (Å²) >= 11 is 7.54. The van der Waals surface area contributed by atoms with Crippen LogP contribution in [0.3, 0.4) is 0 Å². The zero-order chi connectivity index (χ0) is 10.6. The van der Waals surface area contributed by atoms with Crippen molar-refractivity contribution in [2.75, 3.05) is 0 Å². The van der Waals surface area contributed by atoms with Crippen molar-refractivity contribution in [3.05, 3.63) is 0 Å². The van der Waals surface area contributed by atoms with Crippen LogP contribution in [0.1, 0.15) is 39.0 Å². The van der Waals surface area contributed by atoms with Gasteiger partial charge < -0.3 is 9.47 Å². The predicted molar refractivity (Wildman–Crippen MR) is 62.7 cm³/mol. The van der Waals surface area contributed by atoms with Crippen LogP contribution < -0.4 is 0 Å². The smallest absolute Gasteiger partial charge is 0.431 e. The van der Waals surface area contributed by atoms with Gasteiger partial charge in [0.15, 0.2) is 0 Å². The van der Waals surface area contributed by atoms with Crippen molar-refractivity contribution in [2.45, 2.75) is 48.2 Å². The molecule has 1 rings (SSSR count). The lowest BCUT2D eigenvalue weighted by molar-refractivity contribution is 0.00447. The molecule has 1 aliphatic carbocycles. The number of ether oxygens (including phenoxy) is 2. The fraction of sp³-hybridized carbons (Fsp3) is 0.889. The SMILES string of the molecule is CC(Cl)(I)OC(=O)OC1CCCCC1. The van der Waals surface area contributed by atoms with Crippen LogP contribution in [0, 0.1) is 0 Å². The Balaban J connectivity index is 2.25. The van der Waals surface area contributed by atoms with Gasteiger partial charge in [0.25, 0.3) is 0 Å². The fourth-order valence-corrected chi connectivity index (χ4v) is 1.73. The Hall–Kier alpha value is 0.290. The summed E-state index contributed by atoms with van der Waals surface area (Å²) < 4.78 is 8.94. The molecule has 0 saturated heterocycles. The lowest BCUT2D eigenvalue weighted by Crippen LogP contribution is -2.25. The maximum absolute atomic E-state index is 11.2. The van der Waals surface area contributed by atoms with Gasteiger partial charge in [0.1, 0.15) is 6.10 Å². The van der Waals surface area contributed by atoms with E-state index in [1.54, 1.807) is 6.92 Å². The molecule has 0 amide bonds. The largest absolute Gasteiger partial charge is 0.510 e. The molecular formula is C9H14ClIO3. The quantitative estimate of drug-likeness (QED) is 0.438. The second kappa shape index (κ2) is 5.39. The van der Waals surface area contributed by atoms with Crippen LogP contribution in [0.4, 0.5) is 4.79 Å². The molecule has 0 aromatic heterocycles. The van der Waals surface area contributed by atoms with Crippen LogP contribution in [-0.4, -0.2) is 15.3 Å². The summed E-state index contributed by atoms with van der Waals surface area (Å²) in [6.07, 6.45) is 4.72. The summed E-state index contributed by atoms with van der Waals surface area (Å²) in [6, 6.07) is 0. The van der Waals surface area contributed by atoms with Gasteiger partial charge >= 0.3 is 6.16 Å². The first kappa shape index (κ1) is 12.4. The summed E-state index contributed by atoms with van der Waals surface area (Å²) in [5.41, 5.74) is 0. The molecule has 5 heteroatoms. The third-order valence-electron chi connectivity index (χ3n) is 2.08. The Bertz CT molecular complexity index is 197. The van der Waals surface area contributed by atoms with Crippen molar-refractivity contribution in [3.63, 3.8) is 0 Å². The monoisotopic (exact) mass is 332 g/mol. The Labute approximate surface area is 103 Å². The summed E-state index contributed by atoms with van der Waals surface area (Å²) in [4.78, 5) is 11.2. The van der Waals surface area contributed by atoms with E-state index in [1.807, 2.05) is 22.6 Å². The fourth-order valence-electron chi connectivity index (χ4n) is 1.49. The molecule has 0 aromatic rings. The first-order chi connectivity index (χ1) is 6.47. The Morgan fingerprint density at radius 1 is 1.43 bits per heavy atom. The Kier molecular flexibility index (Phi) is 4.76. The highest BCUT2D eigenvalue weighted by Gasteiger charge is 2.25. The molecule has 0 bridgehead atoms. The first-order valence-electron chi connectivity index (χ1n) is 4.75. The van der Waals surface area contributed by atoms with E-state index in [0.717, 1.165) is 25.7 Å². The number of carbonyl (C=O) groups excluding carboxylic acids is 1. The van der Waals surface area contributed by atoms with Gasteiger partial charge in [-0.15, -0.1) is 0 Å². The molecule has 82 valence electrons. The van der Waals surface area contributed by atoms with Gasteiger partial charge in [-0.3, -0.25) is 0 Å². The van der Waals surface area contributed by atoms with E-state index >= 15 is 0 Å². The average Bonchev–Trinajstić information content (AvgIpc) is 2.02. The summed E-state index contributed by atoms with van der Waals surface area (Å²) in [5, 5.41) is 0. The molecule has 1 unspecified atom stereocenters. The van der Waals surface area contributed by atoms with Gasteiger partial charge in [-0.1, -0.05) is 18.0 Å². The Morgan fingerprint density at radius 3 is 2.50 bits per heavy atom. The number of halogens is 2. The molecule has 3 nitrogen and oxygen atoms in total. The molecule has 0 N–H and O–H groups in total. The number of hydrogen-bond acceptors (Lipinski definition) is 3. The normalized spacial score (nSPS) is 22.5. The van der Waals surface area contributed by atoms with Crippen molar-refractivity contribution in [2.24, 2.45) is 0 Å². The Morgan fingerprint density at radius 2 is 2.00 bits per heavy atom. The van der Waals surface area contributed by atoms with E-state index in [1.165, 1.54) is 6.42 Å².